The molecule has 0 fully saturated rings. The second-order valence-electron chi connectivity index (χ2n) is 4.23. The van der Waals surface area contributed by atoms with Crippen LogP contribution in [0, 0.1) is 0 Å². The fraction of sp³-hybridized carbons (Fsp3) is 0.357. The summed E-state index contributed by atoms with van der Waals surface area (Å²) in [6, 6.07) is 2.30. The first-order valence-corrected chi connectivity index (χ1v) is 6.56. The number of anilines is 1. The van der Waals surface area contributed by atoms with Gasteiger partial charge < -0.3 is 24.8 Å². The molecule has 1 rings (SSSR count). The maximum absolute atomic E-state index is 11.8. The summed E-state index contributed by atoms with van der Waals surface area (Å²) in [7, 11) is 5.50. The molecule has 1 aromatic rings. The van der Waals surface area contributed by atoms with Crippen LogP contribution in [-0.4, -0.2) is 52.8 Å². The minimum absolute atomic E-state index is 0.165. The van der Waals surface area contributed by atoms with E-state index in [9.17, 15) is 14.4 Å². The van der Waals surface area contributed by atoms with Gasteiger partial charge in [0.05, 0.1) is 39.1 Å². The van der Waals surface area contributed by atoms with Crippen LogP contribution in [0.25, 0.3) is 0 Å². The van der Waals surface area contributed by atoms with Crippen LogP contribution in [0.15, 0.2) is 12.1 Å². The Hall–Kier alpha value is -2.97. The van der Waals surface area contributed by atoms with E-state index in [1.54, 1.807) is 0 Å². The molecular weight excluding hydrogens is 306 g/mol. The van der Waals surface area contributed by atoms with Crippen LogP contribution >= 0.6 is 0 Å². The molecule has 9 heteroatoms. The lowest BCUT2D eigenvalue weighted by Crippen LogP contribution is -2.40. The van der Waals surface area contributed by atoms with Gasteiger partial charge in [-0.25, -0.2) is 9.59 Å². The van der Waals surface area contributed by atoms with E-state index < -0.39 is 17.9 Å². The Morgan fingerprint density at radius 1 is 1.04 bits per heavy atom. The van der Waals surface area contributed by atoms with E-state index in [0.29, 0.717) is 17.2 Å². The number of nitrogens with one attached hydrogen (secondary N) is 3. The molecule has 0 aliphatic rings. The van der Waals surface area contributed by atoms with Crippen molar-refractivity contribution in [1.29, 1.82) is 0 Å². The highest BCUT2D eigenvalue weighted by Crippen LogP contribution is 2.33. The lowest BCUT2D eigenvalue weighted by molar-refractivity contribution is -0.118. The Labute approximate surface area is 133 Å². The van der Waals surface area contributed by atoms with Crippen molar-refractivity contribution in [2.75, 3.05) is 40.2 Å². The molecule has 0 aromatic heterocycles. The minimum Gasteiger partial charge on any atom is -0.493 e. The number of esters is 1. The van der Waals surface area contributed by atoms with Gasteiger partial charge in [0, 0.05) is 19.2 Å². The quantitative estimate of drug-likeness (QED) is 0.647. The number of carbonyl (C=O) groups is 3. The summed E-state index contributed by atoms with van der Waals surface area (Å²) >= 11 is 0. The number of carbonyl (C=O) groups excluding carboxylic acids is 3. The van der Waals surface area contributed by atoms with Gasteiger partial charge >= 0.3 is 12.0 Å². The van der Waals surface area contributed by atoms with Gasteiger partial charge in [-0.1, -0.05) is 0 Å². The highest BCUT2D eigenvalue weighted by Gasteiger charge is 2.18. The summed E-state index contributed by atoms with van der Waals surface area (Å²) in [4.78, 5) is 34.5. The van der Waals surface area contributed by atoms with Gasteiger partial charge in [0.1, 0.15) is 0 Å². The SMILES string of the molecule is CNC(=O)NC(=O)CNc1cc(OC)c(OC)cc1C(=O)OC. The highest BCUT2D eigenvalue weighted by atomic mass is 16.5. The molecule has 23 heavy (non-hydrogen) atoms. The van der Waals surface area contributed by atoms with Crippen molar-refractivity contribution in [3.05, 3.63) is 17.7 Å². The summed E-state index contributed by atoms with van der Waals surface area (Å²) in [5, 5.41) is 7.10. The predicted molar refractivity (Wildman–Crippen MR) is 82.0 cm³/mol. The van der Waals surface area contributed by atoms with E-state index >= 15 is 0 Å². The molecule has 0 bridgehead atoms. The Morgan fingerprint density at radius 3 is 2.17 bits per heavy atom. The Bertz CT molecular complexity index is 602. The third-order valence-electron chi connectivity index (χ3n) is 2.85. The van der Waals surface area contributed by atoms with Gasteiger partial charge in [-0.3, -0.25) is 10.1 Å². The number of ether oxygens (including phenoxy) is 3. The average molecular weight is 325 g/mol. The van der Waals surface area contributed by atoms with Crippen molar-refractivity contribution in [3.8, 4) is 11.5 Å². The number of hydrogen-bond acceptors (Lipinski definition) is 7. The zero-order valence-electron chi connectivity index (χ0n) is 13.3. The van der Waals surface area contributed by atoms with Gasteiger partial charge in [-0.2, -0.15) is 0 Å². The normalized spacial score (nSPS) is 9.57. The van der Waals surface area contributed by atoms with Crippen molar-refractivity contribution < 1.29 is 28.6 Å². The summed E-state index contributed by atoms with van der Waals surface area (Å²) in [5.74, 6) is -0.474. The van der Waals surface area contributed by atoms with Crippen LogP contribution in [0.4, 0.5) is 10.5 Å². The Morgan fingerprint density at radius 2 is 1.65 bits per heavy atom. The number of amides is 3. The van der Waals surface area contributed by atoms with Gasteiger partial charge in [0.2, 0.25) is 5.91 Å². The summed E-state index contributed by atoms with van der Waals surface area (Å²) < 4.78 is 15.0. The molecule has 0 aliphatic carbocycles. The van der Waals surface area contributed by atoms with Crippen LogP contribution in [0.3, 0.4) is 0 Å². The molecule has 0 saturated carbocycles. The van der Waals surface area contributed by atoms with Crippen LogP contribution in [0.5, 0.6) is 11.5 Å². The first-order valence-electron chi connectivity index (χ1n) is 6.56. The molecule has 0 saturated heterocycles. The van der Waals surface area contributed by atoms with Gasteiger partial charge in [0.15, 0.2) is 11.5 Å². The third kappa shape index (κ3) is 4.77. The number of benzene rings is 1. The van der Waals surface area contributed by atoms with Gasteiger partial charge in [-0.15, -0.1) is 0 Å². The number of urea groups is 1. The fourth-order valence-electron chi connectivity index (χ4n) is 1.71. The van der Waals surface area contributed by atoms with Gasteiger partial charge in [0.25, 0.3) is 0 Å². The Balaban J connectivity index is 3.01. The molecule has 0 unspecified atom stereocenters. The van der Waals surface area contributed by atoms with Crippen LogP contribution in [0.1, 0.15) is 10.4 Å². The van der Waals surface area contributed by atoms with Crippen LogP contribution < -0.4 is 25.4 Å². The monoisotopic (exact) mass is 325 g/mol. The number of rotatable bonds is 6. The standard InChI is InChI=1S/C14H19N3O6/c1-15-14(20)17-12(18)7-16-9-6-11(22-3)10(21-2)5-8(9)13(19)23-4/h5-6,16H,7H2,1-4H3,(H2,15,17,18,20). The number of hydrogen-bond donors (Lipinski definition) is 3. The topological polar surface area (TPSA) is 115 Å². The molecule has 3 N–H and O–H groups in total. The largest absolute Gasteiger partial charge is 0.493 e. The maximum Gasteiger partial charge on any atom is 0.340 e. The van der Waals surface area contributed by atoms with E-state index in [-0.39, 0.29) is 12.1 Å². The predicted octanol–water partition coefficient (Wildman–Crippen LogP) is 0.358. The van der Waals surface area contributed by atoms with E-state index in [1.165, 1.54) is 40.5 Å². The highest BCUT2D eigenvalue weighted by molar-refractivity contribution is 5.99. The molecular formula is C14H19N3O6. The molecule has 3 amide bonds. The smallest absolute Gasteiger partial charge is 0.340 e. The second-order valence-corrected chi connectivity index (χ2v) is 4.23. The molecule has 0 heterocycles. The molecule has 9 nitrogen and oxygen atoms in total. The summed E-state index contributed by atoms with van der Waals surface area (Å²) in [6.07, 6.45) is 0. The maximum atomic E-state index is 11.8. The first kappa shape index (κ1) is 18.1. The van der Waals surface area contributed by atoms with Crippen molar-refractivity contribution in [1.82, 2.24) is 10.6 Å². The van der Waals surface area contributed by atoms with E-state index in [1.807, 2.05) is 0 Å². The van der Waals surface area contributed by atoms with E-state index in [4.69, 9.17) is 14.2 Å². The average Bonchev–Trinajstić information content (AvgIpc) is 2.58. The summed E-state index contributed by atoms with van der Waals surface area (Å²) in [5.41, 5.74) is 0.472. The number of methoxy groups -OCH3 is 3. The minimum atomic E-state index is -0.627. The van der Waals surface area contributed by atoms with Crippen LogP contribution in [0.2, 0.25) is 0 Å². The zero-order chi connectivity index (χ0) is 17.4. The van der Waals surface area contributed by atoms with Gasteiger partial charge in [-0.05, 0) is 0 Å². The second kappa shape index (κ2) is 8.47. The molecule has 0 radical (unpaired) electrons. The van der Waals surface area contributed by atoms with E-state index in [0.717, 1.165) is 0 Å². The van der Waals surface area contributed by atoms with Crippen molar-refractivity contribution in [2.24, 2.45) is 0 Å². The Kier molecular flexibility index (Phi) is 6.66. The molecule has 1 aromatic carbocycles. The van der Waals surface area contributed by atoms with Crippen LogP contribution in [-0.2, 0) is 9.53 Å². The van der Waals surface area contributed by atoms with Crippen molar-refractivity contribution >= 4 is 23.6 Å². The number of imide groups is 1. The van der Waals surface area contributed by atoms with Crippen molar-refractivity contribution in [3.63, 3.8) is 0 Å². The molecule has 0 spiro atoms. The lowest BCUT2D eigenvalue weighted by Gasteiger charge is -2.15. The van der Waals surface area contributed by atoms with E-state index in [2.05, 4.69) is 16.0 Å². The zero-order valence-corrected chi connectivity index (χ0v) is 13.3. The molecule has 0 atom stereocenters. The lowest BCUT2D eigenvalue weighted by atomic mass is 10.1. The molecule has 126 valence electrons. The third-order valence-corrected chi connectivity index (χ3v) is 2.85. The molecule has 0 aliphatic heterocycles. The van der Waals surface area contributed by atoms with Crippen molar-refractivity contribution in [2.45, 2.75) is 0 Å². The summed E-state index contributed by atoms with van der Waals surface area (Å²) in [6.45, 7) is -0.229. The fourth-order valence-corrected chi connectivity index (χ4v) is 1.71. The first-order chi connectivity index (χ1) is 11.0.